The van der Waals surface area contributed by atoms with Crippen molar-refractivity contribution in [3.05, 3.63) is 134 Å². The summed E-state index contributed by atoms with van der Waals surface area (Å²) in [6, 6.07) is 35.1. The molecule has 182 valence electrons. The molecule has 1 aliphatic heterocycles. The van der Waals surface area contributed by atoms with E-state index in [2.05, 4.69) is 134 Å². The number of aromatic nitrogens is 3. The number of allylic oxidation sites excluding steroid dienone is 4. The summed E-state index contributed by atoms with van der Waals surface area (Å²) in [5.74, 6) is 0. The van der Waals surface area contributed by atoms with Crippen molar-refractivity contribution >= 4 is 60.7 Å². The number of rotatable bonds is 2. The third-order valence-corrected chi connectivity index (χ3v) is 8.27. The molecule has 7 aromatic rings. The van der Waals surface area contributed by atoms with Crippen LogP contribution < -0.4 is 4.58 Å². The van der Waals surface area contributed by atoms with Crippen molar-refractivity contribution in [3.63, 3.8) is 0 Å². The lowest BCUT2D eigenvalue weighted by molar-refractivity contribution is 0.782. The molecule has 2 aliphatic rings. The summed E-state index contributed by atoms with van der Waals surface area (Å²) in [4.78, 5) is 4.46. The van der Waals surface area contributed by atoms with Gasteiger partial charge >= 0.3 is 0 Å². The first-order valence-corrected chi connectivity index (χ1v) is 13.4. The highest BCUT2D eigenvalue weighted by atomic mass is 15.2. The summed E-state index contributed by atoms with van der Waals surface area (Å²) in [6.07, 6.45) is 12.7. The Kier molecular flexibility index (Phi) is 4.08. The Labute approximate surface area is 224 Å². The smallest absolute Gasteiger partial charge is 0.236 e. The molecule has 0 bridgehead atoms. The van der Waals surface area contributed by atoms with E-state index >= 15 is 0 Å². The quantitative estimate of drug-likeness (QED) is 0.220. The first-order chi connectivity index (χ1) is 19.4. The van der Waals surface area contributed by atoms with Crippen LogP contribution in [0.1, 0.15) is 6.04 Å². The van der Waals surface area contributed by atoms with Crippen molar-refractivity contribution in [1.29, 1.82) is 0 Å². The van der Waals surface area contributed by atoms with Crippen LogP contribution >= 0.6 is 0 Å². The maximum absolute atomic E-state index is 4.46. The third-order valence-electron chi connectivity index (χ3n) is 8.27. The lowest BCUT2D eigenvalue weighted by atomic mass is 10.0. The fourth-order valence-electron chi connectivity index (χ4n) is 6.80. The highest BCUT2D eigenvalue weighted by Crippen LogP contribution is 2.47. The molecule has 3 aromatic heterocycles. The molecule has 1 aliphatic carbocycles. The minimum Gasteiger partial charge on any atom is -0.317 e. The van der Waals surface area contributed by atoms with Gasteiger partial charge in [-0.3, -0.25) is 4.98 Å². The van der Waals surface area contributed by atoms with Gasteiger partial charge in [-0.2, -0.15) is 4.58 Å². The van der Waals surface area contributed by atoms with Crippen LogP contribution in [0.15, 0.2) is 134 Å². The normalized spacial score (nSPS) is 16.2. The highest BCUT2D eigenvalue weighted by molar-refractivity contribution is 6.28. The topological polar surface area (TPSA) is 25.8 Å². The van der Waals surface area contributed by atoms with Crippen molar-refractivity contribution in [1.82, 2.24) is 18.7 Å². The lowest BCUT2D eigenvalue weighted by Crippen LogP contribution is -2.30. The molecule has 4 heterocycles. The van der Waals surface area contributed by atoms with Crippen LogP contribution in [0.25, 0.3) is 49.3 Å². The second kappa shape index (κ2) is 7.65. The Morgan fingerprint density at radius 3 is 2.41 bits per heavy atom. The predicted molar refractivity (Wildman–Crippen MR) is 162 cm³/mol. The number of hydrogen-bond acceptors (Lipinski definition) is 1. The van der Waals surface area contributed by atoms with Crippen molar-refractivity contribution < 1.29 is 0 Å². The summed E-state index contributed by atoms with van der Waals surface area (Å²) in [7, 11) is 0. The van der Waals surface area contributed by atoms with E-state index in [1.165, 1.54) is 60.7 Å². The number of nitrogens with zero attached hydrogens (tertiary/aromatic N) is 4. The van der Waals surface area contributed by atoms with E-state index in [9.17, 15) is 0 Å². The van der Waals surface area contributed by atoms with Gasteiger partial charge in [-0.1, -0.05) is 72.8 Å². The molecule has 0 radical (unpaired) electrons. The molecule has 9 rings (SSSR count). The van der Waals surface area contributed by atoms with Gasteiger partial charge in [0.2, 0.25) is 17.1 Å². The predicted octanol–water partition coefficient (Wildman–Crippen LogP) is 8.24. The number of hydrogen-bond donors (Lipinski definition) is 0. The van der Waals surface area contributed by atoms with E-state index in [1.807, 2.05) is 18.5 Å². The van der Waals surface area contributed by atoms with Gasteiger partial charge in [0.25, 0.3) is 0 Å². The van der Waals surface area contributed by atoms with Crippen molar-refractivity contribution in [2.24, 2.45) is 0 Å². The van der Waals surface area contributed by atoms with Gasteiger partial charge in [0, 0.05) is 51.6 Å². The number of benzene rings is 4. The molecule has 4 heteroatoms. The summed E-state index contributed by atoms with van der Waals surface area (Å²) < 4.78 is 7.36. The van der Waals surface area contributed by atoms with Gasteiger partial charge in [0.1, 0.15) is 11.6 Å². The zero-order valence-electron chi connectivity index (χ0n) is 21.1. The third kappa shape index (κ3) is 2.67. The minimum atomic E-state index is 0.0644. The second-order valence-corrected chi connectivity index (χ2v) is 10.2. The summed E-state index contributed by atoms with van der Waals surface area (Å²) in [5.41, 5.74) is 9.65. The number of para-hydroxylation sites is 3. The summed E-state index contributed by atoms with van der Waals surface area (Å²) in [6.45, 7) is 0. The Bertz CT molecular complexity index is 2210. The van der Waals surface area contributed by atoms with Crippen molar-refractivity contribution in [2.45, 2.75) is 6.04 Å². The van der Waals surface area contributed by atoms with Gasteiger partial charge in [0.05, 0.1) is 22.7 Å². The van der Waals surface area contributed by atoms with Crippen LogP contribution in [0.3, 0.4) is 0 Å². The van der Waals surface area contributed by atoms with E-state index in [0.29, 0.717) is 0 Å². The fraction of sp³-hybridized carbons (Fsp3) is 0.0286. The molecular weight excluding hydrogens is 476 g/mol. The minimum absolute atomic E-state index is 0.0644. The van der Waals surface area contributed by atoms with Gasteiger partial charge in [-0.05, 0) is 30.3 Å². The Balaban J connectivity index is 1.50. The van der Waals surface area contributed by atoms with Gasteiger partial charge < -0.3 is 9.13 Å². The SMILES string of the molecule is C1=CC2=[N+](c3cccnc3)c3cccc4c5ccc6c(c7ccccc7n6-c6ccccc6)c5n(c34)C2C=C1. The van der Waals surface area contributed by atoms with Crippen LogP contribution in [0, 0.1) is 0 Å². The van der Waals surface area contributed by atoms with Crippen LogP contribution in [-0.4, -0.2) is 19.8 Å². The van der Waals surface area contributed by atoms with Crippen molar-refractivity contribution in [2.75, 3.05) is 0 Å². The molecule has 0 spiro atoms. The van der Waals surface area contributed by atoms with Crippen LogP contribution in [0.2, 0.25) is 0 Å². The molecule has 0 amide bonds. The molecular formula is C35H23N4+. The van der Waals surface area contributed by atoms with Gasteiger partial charge in [-0.25, -0.2) is 0 Å². The van der Waals surface area contributed by atoms with Gasteiger partial charge in [0.15, 0.2) is 0 Å². The largest absolute Gasteiger partial charge is 0.317 e. The molecule has 0 saturated heterocycles. The zero-order chi connectivity index (χ0) is 25.5. The van der Waals surface area contributed by atoms with Crippen LogP contribution in [0.5, 0.6) is 0 Å². The summed E-state index contributed by atoms with van der Waals surface area (Å²) >= 11 is 0. The first kappa shape index (κ1) is 20.8. The maximum atomic E-state index is 4.46. The number of pyridine rings is 1. The average Bonchev–Trinajstić information content (AvgIpc) is 3.52. The van der Waals surface area contributed by atoms with E-state index in [4.69, 9.17) is 0 Å². The fourth-order valence-corrected chi connectivity index (χ4v) is 6.80. The van der Waals surface area contributed by atoms with Gasteiger partial charge in [-0.15, -0.1) is 0 Å². The Morgan fingerprint density at radius 1 is 0.667 bits per heavy atom. The molecule has 39 heavy (non-hydrogen) atoms. The van der Waals surface area contributed by atoms with E-state index in [1.54, 1.807) is 0 Å². The average molecular weight is 500 g/mol. The molecule has 4 nitrogen and oxygen atoms in total. The zero-order valence-corrected chi connectivity index (χ0v) is 21.1. The van der Waals surface area contributed by atoms with Crippen LogP contribution in [-0.2, 0) is 0 Å². The van der Waals surface area contributed by atoms with Crippen molar-refractivity contribution in [3.8, 4) is 5.69 Å². The first-order valence-electron chi connectivity index (χ1n) is 13.4. The highest BCUT2D eigenvalue weighted by Gasteiger charge is 2.38. The molecule has 1 atom stereocenters. The van der Waals surface area contributed by atoms with E-state index < -0.39 is 0 Å². The lowest BCUT2D eigenvalue weighted by Gasteiger charge is -2.24. The van der Waals surface area contributed by atoms with E-state index in [-0.39, 0.29) is 6.04 Å². The second-order valence-electron chi connectivity index (χ2n) is 10.2. The molecule has 0 N–H and O–H groups in total. The molecule has 4 aromatic carbocycles. The van der Waals surface area contributed by atoms with E-state index in [0.717, 1.165) is 5.69 Å². The monoisotopic (exact) mass is 499 g/mol. The Hall–Kier alpha value is -5.22. The number of fused-ring (bicyclic) bond motifs is 9. The maximum Gasteiger partial charge on any atom is 0.236 e. The molecule has 0 saturated carbocycles. The standard InChI is InChI=1S/C35H23N4/c1-2-10-23(11-3-1)37-28-15-5-4-13-27(28)33-31(37)20-19-26-25-14-8-18-32-34(25)39(35(26)33)30-17-7-6-16-29(30)38(32)24-12-9-21-36-22-24/h1-22,30H/q+1. The molecule has 0 fully saturated rings. The van der Waals surface area contributed by atoms with Crippen LogP contribution in [0.4, 0.5) is 11.4 Å². The Morgan fingerprint density at radius 2 is 1.51 bits per heavy atom. The summed E-state index contributed by atoms with van der Waals surface area (Å²) in [5, 5.41) is 5.13. The molecule has 1 unspecified atom stereocenters.